The van der Waals surface area contributed by atoms with Crippen molar-refractivity contribution in [1.82, 2.24) is 21.3 Å². The first-order valence-electron chi connectivity index (χ1n) is 11.5. The number of nitrogens with one attached hydrogen (secondary N) is 4. The second kappa shape index (κ2) is 11.3. The Bertz CT molecular complexity index is 870. The minimum atomic E-state index is -4.77. The molecule has 34 heavy (non-hydrogen) atoms. The normalized spacial score (nSPS) is 18.6. The largest absolute Gasteiger partial charge is 0.407 e. The molecule has 4 N–H and O–H groups in total. The van der Waals surface area contributed by atoms with Crippen LogP contribution >= 0.6 is 0 Å². The van der Waals surface area contributed by atoms with Crippen LogP contribution in [0.3, 0.4) is 0 Å². The fourth-order valence-corrected chi connectivity index (χ4v) is 3.48. The van der Waals surface area contributed by atoms with Crippen molar-refractivity contribution in [3.05, 3.63) is 35.6 Å². The average molecular weight is 487 g/mol. The smallest absolute Gasteiger partial charge is 0.347 e. The molecule has 0 heterocycles. The van der Waals surface area contributed by atoms with Crippen LogP contribution in [0.15, 0.2) is 24.3 Å². The van der Waals surface area contributed by atoms with Gasteiger partial charge in [-0.05, 0) is 62.3 Å². The van der Waals surface area contributed by atoms with E-state index in [1.807, 2.05) is 0 Å². The number of hydrogen-bond donors (Lipinski definition) is 4. The summed E-state index contributed by atoms with van der Waals surface area (Å²) in [5, 5.41) is 10.3. The maximum absolute atomic E-state index is 13.9. The summed E-state index contributed by atoms with van der Waals surface area (Å²) in [7, 11) is 0. The summed E-state index contributed by atoms with van der Waals surface area (Å²) in [4.78, 5) is 37.6. The summed E-state index contributed by atoms with van der Waals surface area (Å²) in [6.07, 6.45) is -1.07. The maximum Gasteiger partial charge on any atom is 0.407 e. The number of halogens is 4. The zero-order valence-electron chi connectivity index (χ0n) is 18.9. The molecule has 0 radical (unpaired) electrons. The van der Waals surface area contributed by atoms with E-state index in [-0.39, 0.29) is 24.6 Å². The predicted octanol–water partition coefficient (Wildman–Crippen LogP) is 2.13. The van der Waals surface area contributed by atoms with E-state index in [0.29, 0.717) is 12.5 Å². The van der Waals surface area contributed by atoms with Crippen LogP contribution in [0.25, 0.3) is 0 Å². The standard InChI is InChI=1S/C23H30F4N4O3/c1-2-17(19(32)22(34)29-16-9-10-16)31-21(33)18(12-28-11-13-3-4-13)30-20(23(25,26)27)14-5-7-15(24)8-6-14/h5-8,13,16-18,20,28,30H,2-4,9-12H2,1H3,(H,29,34)(H,31,33). The van der Waals surface area contributed by atoms with E-state index >= 15 is 0 Å². The van der Waals surface area contributed by atoms with Gasteiger partial charge in [-0.2, -0.15) is 13.2 Å². The van der Waals surface area contributed by atoms with Crippen molar-refractivity contribution >= 4 is 17.6 Å². The zero-order chi connectivity index (χ0) is 24.9. The molecule has 1 aromatic carbocycles. The minimum absolute atomic E-state index is 0.0473. The van der Waals surface area contributed by atoms with Crippen molar-refractivity contribution in [2.24, 2.45) is 5.92 Å². The van der Waals surface area contributed by atoms with Gasteiger partial charge >= 0.3 is 6.18 Å². The van der Waals surface area contributed by atoms with E-state index < -0.39 is 47.7 Å². The van der Waals surface area contributed by atoms with Crippen molar-refractivity contribution in [1.29, 1.82) is 0 Å². The number of ketones is 1. The van der Waals surface area contributed by atoms with Gasteiger partial charge in [0, 0.05) is 12.6 Å². The summed E-state index contributed by atoms with van der Waals surface area (Å²) in [6.45, 7) is 2.03. The van der Waals surface area contributed by atoms with Gasteiger partial charge in [-0.1, -0.05) is 19.1 Å². The molecule has 2 aliphatic rings. The van der Waals surface area contributed by atoms with Crippen LogP contribution in [0.1, 0.15) is 50.6 Å². The van der Waals surface area contributed by atoms with Crippen LogP contribution in [0.5, 0.6) is 0 Å². The molecule has 2 fully saturated rings. The molecule has 1 aromatic rings. The number of amides is 2. The molecule has 11 heteroatoms. The van der Waals surface area contributed by atoms with Gasteiger partial charge in [0.1, 0.15) is 11.9 Å². The van der Waals surface area contributed by atoms with Crippen LogP contribution in [0.2, 0.25) is 0 Å². The van der Waals surface area contributed by atoms with Crippen LogP contribution in [0, 0.1) is 11.7 Å². The van der Waals surface area contributed by atoms with E-state index in [9.17, 15) is 31.9 Å². The van der Waals surface area contributed by atoms with Crippen molar-refractivity contribution in [3.8, 4) is 0 Å². The molecular weight excluding hydrogens is 456 g/mol. The highest BCUT2D eigenvalue weighted by atomic mass is 19.4. The summed E-state index contributed by atoms with van der Waals surface area (Å²) >= 11 is 0. The third kappa shape index (κ3) is 7.76. The van der Waals surface area contributed by atoms with Crippen molar-refractivity contribution in [2.45, 2.75) is 69.4 Å². The lowest BCUT2D eigenvalue weighted by Crippen LogP contribution is -2.57. The molecular formula is C23H30F4N4O3. The Balaban J connectivity index is 1.72. The number of hydrogen-bond acceptors (Lipinski definition) is 5. The Morgan fingerprint density at radius 2 is 1.68 bits per heavy atom. The molecule has 2 amide bonds. The molecule has 0 spiro atoms. The quantitative estimate of drug-likeness (QED) is 0.253. The number of benzene rings is 1. The van der Waals surface area contributed by atoms with E-state index in [2.05, 4.69) is 21.3 Å². The monoisotopic (exact) mass is 486 g/mol. The minimum Gasteiger partial charge on any atom is -0.347 e. The summed E-state index contributed by atoms with van der Waals surface area (Å²) in [6, 6.07) is -0.949. The molecule has 7 nitrogen and oxygen atoms in total. The highest BCUT2D eigenvalue weighted by Gasteiger charge is 2.43. The molecule has 0 bridgehead atoms. The lowest BCUT2D eigenvalue weighted by atomic mass is 10.0. The third-order valence-electron chi connectivity index (χ3n) is 5.87. The van der Waals surface area contributed by atoms with E-state index in [4.69, 9.17) is 0 Å². The molecule has 3 atom stereocenters. The highest BCUT2D eigenvalue weighted by Crippen LogP contribution is 2.33. The Morgan fingerprint density at radius 3 is 2.21 bits per heavy atom. The van der Waals surface area contributed by atoms with E-state index in [1.54, 1.807) is 6.92 Å². The second-order valence-corrected chi connectivity index (χ2v) is 8.93. The van der Waals surface area contributed by atoms with Crippen LogP contribution in [-0.4, -0.2) is 55.0 Å². The van der Waals surface area contributed by atoms with Crippen LogP contribution in [0.4, 0.5) is 17.6 Å². The van der Waals surface area contributed by atoms with Gasteiger partial charge in [0.2, 0.25) is 11.7 Å². The van der Waals surface area contributed by atoms with Gasteiger partial charge in [-0.15, -0.1) is 0 Å². The summed E-state index contributed by atoms with van der Waals surface area (Å²) in [5.41, 5.74) is -0.249. The summed E-state index contributed by atoms with van der Waals surface area (Å²) < 4.78 is 54.8. The van der Waals surface area contributed by atoms with Gasteiger partial charge in [0.15, 0.2) is 0 Å². The predicted molar refractivity (Wildman–Crippen MR) is 116 cm³/mol. The van der Waals surface area contributed by atoms with Crippen molar-refractivity contribution in [3.63, 3.8) is 0 Å². The Hall–Kier alpha value is -2.53. The van der Waals surface area contributed by atoms with Gasteiger partial charge in [-0.25, -0.2) is 4.39 Å². The molecule has 0 aromatic heterocycles. The first kappa shape index (κ1) is 26.1. The lowest BCUT2D eigenvalue weighted by Gasteiger charge is -2.28. The lowest BCUT2D eigenvalue weighted by molar-refractivity contribution is -0.161. The molecule has 3 unspecified atom stereocenters. The zero-order valence-corrected chi connectivity index (χ0v) is 18.9. The molecule has 0 saturated heterocycles. The molecule has 3 rings (SSSR count). The van der Waals surface area contributed by atoms with Crippen molar-refractivity contribution < 1.29 is 31.9 Å². The number of carbonyl (C=O) groups is 3. The molecule has 2 saturated carbocycles. The maximum atomic E-state index is 13.9. The number of rotatable bonds is 13. The van der Waals surface area contributed by atoms with Gasteiger partial charge in [0.25, 0.3) is 5.91 Å². The Kier molecular flexibility index (Phi) is 8.64. The van der Waals surface area contributed by atoms with Gasteiger partial charge in [-0.3, -0.25) is 19.7 Å². The topological polar surface area (TPSA) is 99.3 Å². The molecule has 2 aliphatic carbocycles. The second-order valence-electron chi connectivity index (χ2n) is 8.93. The first-order valence-corrected chi connectivity index (χ1v) is 11.5. The molecule has 188 valence electrons. The Labute approximate surface area is 195 Å². The van der Waals surface area contributed by atoms with Gasteiger partial charge in [0.05, 0.1) is 12.1 Å². The van der Waals surface area contributed by atoms with Crippen LogP contribution in [-0.2, 0) is 14.4 Å². The molecule has 0 aliphatic heterocycles. The highest BCUT2D eigenvalue weighted by molar-refractivity contribution is 6.38. The van der Waals surface area contributed by atoms with Crippen LogP contribution < -0.4 is 21.3 Å². The van der Waals surface area contributed by atoms with E-state index in [0.717, 1.165) is 49.9 Å². The number of alkyl halides is 3. The number of carbonyl (C=O) groups excluding carboxylic acids is 3. The SMILES string of the molecule is CCC(NC(=O)C(CNCC1CC1)NC(c1ccc(F)cc1)C(F)(F)F)C(=O)C(=O)NC1CC1. The average Bonchev–Trinajstić information content (AvgIpc) is 3.70. The van der Waals surface area contributed by atoms with E-state index in [1.165, 1.54) is 0 Å². The fraction of sp³-hybridized carbons (Fsp3) is 0.609. The first-order chi connectivity index (χ1) is 16.1. The van der Waals surface area contributed by atoms with Gasteiger partial charge < -0.3 is 16.0 Å². The Morgan fingerprint density at radius 1 is 1.03 bits per heavy atom. The summed E-state index contributed by atoms with van der Waals surface area (Å²) in [5.74, 6) is -2.74. The third-order valence-corrected chi connectivity index (χ3v) is 5.87. The number of Topliss-reactive ketones (excluding diaryl/α,β-unsaturated/α-hetero) is 1. The van der Waals surface area contributed by atoms with Crippen molar-refractivity contribution in [2.75, 3.05) is 13.1 Å². The fourth-order valence-electron chi connectivity index (χ4n) is 3.48.